The standard InChI is InChI=1S/C13H15N3O3/c1-3-11-12(13(17)18)14-15-16(11)9-6-5-7-10(8-9)19-4-2/h5-8H,3-4H2,1-2H3,(H,17,18). The highest BCUT2D eigenvalue weighted by Gasteiger charge is 2.18. The van der Waals surface area contributed by atoms with Gasteiger partial charge in [-0.2, -0.15) is 0 Å². The Morgan fingerprint density at radius 1 is 1.42 bits per heavy atom. The van der Waals surface area contributed by atoms with Crippen LogP contribution in [0.15, 0.2) is 24.3 Å². The van der Waals surface area contributed by atoms with E-state index in [-0.39, 0.29) is 5.69 Å². The average molecular weight is 261 g/mol. The van der Waals surface area contributed by atoms with Crippen LogP contribution in [0.3, 0.4) is 0 Å². The van der Waals surface area contributed by atoms with Gasteiger partial charge in [-0.05, 0) is 25.5 Å². The summed E-state index contributed by atoms with van der Waals surface area (Å²) in [7, 11) is 0. The fourth-order valence-corrected chi connectivity index (χ4v) is 1.86. The van der Waals surface area contributed by atoms with Crippen LogP contribution in [0.25, 0.3) is 5.69 Å². The van der Waals surface area contributed by atoms with Gasteiger partial charge < -0.3 is 9.84 Å². The molecule has 0 saturated carbocycles. The second kappa shape index (κ2) is 5.51. The van der Waals surface area contributed by atoms with Crippen LogP contribution in [0.4, 0.5) is 0 Å². The molecule has 6 heteroatoms. The summed E-state index contributed by atoms with van der Waals surface area (Å²) >= 11 is 0. The minimum atomic E-state index is -1.07. The van der Waals surface area contributed by atoms with Crippen molar-refractivity contribution in [3.63, 3.8) is 0 Å². The van der Waals surface area contributed by atoms with Gasteiger partial charge in [0.15, 0.2) is 5.69 Å². The maximum Gasteiger partial charge on any atom is 0.358 e. The lowest BCUT2D eigenvalue weighted by molar-refractivity contribution is 0.0689. The molecule has 2 aromatic rings. The summed E-state index contributed by atoms with van der Waals surface area (Å²) in [5, 5.41) is 16.7. The predicted octanol–water partition coefficient (Wildman–Crippen LogP) is 1.93. The third-order valence-electron chi connectivity index (χ3n) is 2.67. The lowest BCUT2D eigenvalue weighted by atomic mass is 10.2. The SMILES string of the molecule is CCOc1cccc(-n2nnc(C(=O)O)c2CC)c1. The molecule has 0 saturated heterocycles. The van der Waals surface area contributed by atoms with Crippen molar-refractivity contribution in [3.8, 4) is 11.4 Å². The van der Waals surface area contributed by atoms with E-state index >= 15 is 0 Å². The Hall–Kier alpha value is -2.37. The summed E-state index contributed by atoms with van der Waals surface area (Å²) in [4.78, 5) is 11.1. The molecule has 1 aromatic carbocycles. The third kappa shape index (κ3) is 2.57. The monoisotopic (exact) mass is 261 g/mol. The fourth-order valence-electron chi connectivity index (χ4n) is 1.86. The minimum absolute atomic E-state index is 0.00990. The number of hydrogen-bond donors (Lipinski definition) is 1. The quantitative estimate of drug-likeness (QED) is 0.889. The lowest BCUT2D eigenvalue weighted by Gasteiger charge is -2.08. The van der Waals surface area contributed by atoms with Crippen LogP contribution < -0.4 is 4.74 Å². The molecule has 19 heavy (non-hydrogen) atoms. The zero-order valence-electron chi connectivity index (χ0n) is 10.8. The van der Waals surface area contributed by atoms with Crippen LogP contribution in [0.1, 0.15) is 30.0 Å². The van der Waals surface area contributed by atoms with E-state index in [1.165, 1.54) is 4.68 Å². The van der Waals surface area contributed by atoms with Crippen molar-refractivity contribution in [3.05, 3.63) is 35.7 Å². The number of carboxylic acids is 1. The average Bonchev–Trinajstić information content (AvgIpc) is 2.83. The van der Waals surface area contributed by atoms with Gasteiger partial charge in [-0.1, -0.05) is 18.2 Å². The van der Waals surface area contributed by atoms with E-state index in [0.717, 1.165) is 11.4 Å². The number of rotatable bonds is 5. The molecule has 0 amide bonds. The molecule has 1 N–H and O–H groups in total. The molecule has 0 radical (unpaired) electrons. The first-order valence-corrected chi connectivity index (χ1v) is 6.08. The Bertz CT molecular complexity index is 593. The summed E-state index contributed by atoms with van der Waals surface area (Å²) in [6, 6.07) is 7.32. The molecular weight excluding hydrogens is 246 g/mol. The van der Waals surface area contributed by atoms with Crippen molar-refractivity contribution in [2.45, 2.75) is 20.3 Å². The highest BCUT2D eigenvalue weighted by atomic mass is 16.5. The van der Waals surface area contributed by atoms with E-state index in [1.54, 1.807) is 0 Å². The zero-order chi connectivity index (χ0) is 13.8. The normalized spacial score (nSPS) is 10.4. The number of benzene rings is 1. The summed E-state index contributed by atoms with van der Waals surface area (Å²) < 4.78 is 6.95. The number of hydrogen-bond acceptors (Lipinski definition) is 4. The van der Waals surface area contributed by atoms with Crippen molar-refractivity contribution in [2.24, 2.45) is 0 Å². The highest BCUT2D eigenvalue weighted by molar-refractivity contribution is 5.86. The minimum Gasteiger partial charge on any atom is -0.494 e. The summed E-state index contributed by atoms with van der Waals surface area (Å²) in [6.45, 7) is 4.35. The number of carboxylic acid groups (broad SMARTS) is 1. The van der Waals surface area contributed by atoms with Crippen LogP contribution in [0.2, 0.25) is 0 Å². The third-order valence-corrected chi connectivity index (χ3v) is 2.67. The van der Waals surface area contributed by atoms with E-state index in [2.05, 4.69) is 10.3 Å². The second-order valence-electron chi connectivity index (χ2n) is 3.89. The molecule has 0 fully saturated rings. The van der Waals surface area contributed by atoms with Gasteiger partial charge in [0.2, 0.25) is 0 Å². The molecule has 0 bridgehead atoms. The molecule has 100 valence electrons. The molecular formula is C13H15N3O3. The van der Waals surface area contributed by atoms with Gasteiger partial charge in [-0.15, -0.1) is 5.10 Å². The molecule has 0 aliphatic carbocycles. The van der Waals surface area contributed by atoms with Gasteiger partial charge >= 0.3 is 5.97 Å². The molecule has 0 aliphatic rings. The lowest BCUT2D eigenvalue weighted by Crippen LogP contribution is -2.06. The number of carbonyl (C=O) groups is 1. The number of nitrogens with zero attached hydrogens (tertiary/aromatic N) is 3. The molecule has 2 rings (SSSR count). The van der Waals surface area contributed by atoms with Gasteiger partial charge in [0.25, 0.3) is 0 Å². The molecule has 1 aromatic heterocycles. The van der Waals surface area contributed by atoms with Crippen molar-refractivity contribution in [2.75, 3.05) is 6.61 Å². The first kappa shape index (κ1) is 13.1. The van der Waals surface area contributed by atoms with Gasteiger partial charge in [-0.3, -0.25) is 0 Å². The highest BCUT2D eigenvalue weighted by Crippen LogP contribution is 2.19. The van der Waals surface area contributed by atoms with E-state index in [4.69, 9.17) is 9.84 Å². The predicted molar refractivity (Wildman–Crippen MR) is 68.9 cm³/mol. The fraction of sp³-hybridized carbons (Fsp3) is 0.308. The molecule has 6 nitrogen and oxygen atoms in total. The van der Waals surface area contributed by atoms with Crippen LogP contribution >= 0.6 is 0 Å². The summed E-state index contributed by atoms with van der Waals surface area (Å²) in [5.74, 6) is -0.349. The molecule has 0 aliphatic heterocycles. The van der Waals surface area contributed by atoms with Crippen LogP contribution in [0.5, 0.6) is 5.75 Å². The maximum absolute atomic E-state index is 11.1. The Morgan fingerprint density at radius 2 is 2.21 bits per heavy atom. The van der Waals surface area contributed by atoms with Gasteiger partial charge in [-0.25, -0.2) is 9.48 Å². The number of ether oxygens (including phenoxy) is 1. The Balaban J connectivity index is 2.46. The van der Waals surface area contributed by atoms with Gasteiger partial charge in [0.05, 0.1) is 18.0 Å². The number of aromatic carboxylic acids is 1. The first-order valence-electron chi connectivity index (χ1n) is 6.08. The van der Waals surface area contributed by atoms with Crippen LogP contribution in [-0.2, 0) is 6.42 Å². The first-order chi connectivity index (χ1) is 9.17. The maximum atomic E-state index is 11.1. The van der Waals surface area contributed by atoms with E-state index in [0.29, 0.717) is 18.7 Å². The molecule has 0 unspecified atom stereocenters. The smallest absolute Gasteiger partial charge is 0.358 e. The molecule has 0 spiro atoms. The number of aromatic nitrogens is 3. The van der Waals surface area contributed by atoms with Crippen molar-refractivity contribution in [1.82, 2.24) is 15.0 Å². The Morgan fingerprint density at radius 3 is 2.84 bits per heavy atom. The topological polar surface area (TPSA) is 77.2 Å². The zero-order valence-corrected chi connectivity index (χ0v) is 10.8. The van der Waals surface area contributed by atoms with Gasteiger partial charge in [0.1, 0.15) is 5.75 Å². The molecule has 1 heterocycles. The van der Waals surface area contributed by atoms with Crippen molar-refractivity contribution in [1.29, 1.82) is 0 Å². The van der Waals surface area contributed by atoms with Crippen molar-refractivity contribution >= 4 is 5.97 Å². The Kier molecular flexibility index (Phi) is 3.79. The van der Waals surface area contributed by atoms with E-state index < -0.39 is 5.97 Å². The molecule has 0 atom stereocenters. The Labute approximate surface area is 110 Å². The largest absolute Gasteiger partial charge is 0.494 e. The van der Waals surface area contributed by atoms with Gasteiger partial charge in [0, 0.05) is 6.07 Å². The summed E-state index contributed by atoms with van der Waals surface area (Å²) in [6.07, 6.45) is 0.535. The van der Waals surface area contributed by atoms with Crippen LogP contribution in [0, 0.1) is 0 Å². The van der Waals surface area contributed by atoms with E-state index in [9.17, 15) is 4.79 Å². The van der Waals surface area contributed by atoms with E-state index in [1.807, 2.05) is 38.1 Å². The van der Waals surface area contributed by atoms with Crippen molar-refractivity contribution < 1.29 is 14.6 Å². The summed E-state index contributed by atoms with van der Waals surface area (Å²) in [5.41, 5.74) is 1.30. The second-order valence-corrected chi connectivity index (χ2v) is 3.89. The van der Waals surface area contributed by atoms with Crippen LogP contribution in [-0.4, -0.2) is 32.7 Å².